The number of thiazole rings is 1. The van der Waals surface area contributed by atoms with Crippen LogP contribution in [0.2, 0.25) is 0 Å². The van der Waals surface area contributed by atoms with Gasteiger partial charge in [-0.25, -0.2) is 4.98 Å². The van der Waals surface area contributed by atoms with Gasteiger partial charge in [0.2, 0.25) is 0 Å². The molecule has 0 aliphatic heterocycles. The van der Waals surface area contributed by atoms with Gasteiger partial charge in [-0.05, 0) is 19.9 Å². The van der Waals surface area contributed by atoms with Gasteiger partial charge in [-0.3, -0.25) is 4.98 Å². The summed E-state index contributed by atoms with van der Waals surface area (Å²) in [4.78, 5) is 10.7. The molecular weight excluding hydrogens is 274 g/mol. The minimum atomic E-state index is 0.0649. The SMILES string of the molecule is Cc1cc(N(C)Cc2cscn2)c(/C(N)=N/O)c(C)n1. The minimum absolute atomic E-state index is 0.0649. The van der Waals surface area contributed by atoms with Crippen LogP contribution in [0.4, 0.5) is 5.69 Å². The van der Waals surface area contributed by atoms with Crippen LogP contribution in [0.5, 0.6) is 0 Å². The molecule has 0 saturated heterocycles. The van der Waals surface area contributed by atoms with Crippen molar-refractivity contribution < 1.29 is 5.21 Å². The number of aryl methyl sites for hydroxylation is 2. The van der Waals surface area contributed by atoms with E-state index in [-0.39, 0.29) is 5.84 Å². The Labute approximate surface area is 121 Å². The molecule has 0 unspecified atom stereocenters. The quantitative estimate of drug-likeness (QED) is 0.389. The number of hydrogen-bond acceptors (Lipinski definition) is 6. The lowest BCUT2D eigenvalue weighted by molar-refractivity contribution is 0.318. The van der Waals surface area contributed by atoms with Crippen LogP contribution in [0.3, 0.4) is 0 Å². The van der Waals surface area contributed by atoms with Crippen LogP contribution in [0.1, 0.15) is 22.6 Å². The highest BCUT2D eigenvalue weighted by molar-refractivity contribution is 7.07. The molecule has 0 bridgehead atoms. The molecule has 6 nitrogen and oxygen atoms in total. The van der Waals surface area contributed by atoms with Crippen LogP contribution in [-0.2, 0) is 6.54 Å². The molecule has 0 atom stereocenters. The van der Waals surface area contributed by atoms with Crippen molar-refractivity contribution in [1.82, 2.24) is 9.97 Å². The van der Waals surface area contributed by atoms with E-state index in [0.717, 1.165) is 22.8 Å². The third-order valence-electron chi connectivity index (χ3n) is 2.97. The van der Waals surface area contributed by atoms with E-state index in [2.05, 4.69) is 15.1 Å². The van der Waals surface area contributed by atoms with Crippen molar-refractivity contribution in [3.63, 3.8) is 0 Å². The summed E-state index contributed by atoms with van der Waals surface area (Å²) >= 11 is 1.56. The fourth-order valence-electron chi connectivity index (χ4n) is 2.12. The number of aromatic nitrogens is 2. The van der Waals surface area contributed by atoms with E-state index in [1.165, 1.54) is 0 Å². The number of anilines is 1. The fourth-order valence-corrected chi connectivity index (χ4v) is 2.67. The number of amidine groups is 1. The maximum absolute atomic E-state index is 8.95. The molecule has 0 fully saturated rings. The van der Waals surface area contributed by atoms with Gasteiger partial charge < -0.3 is 15.8 Å². The molecule has 0 radical (unpaired) electrons. The van der Waals surface area contributed by atoms with E-state index in [4.69, 9.17) is 10.9 Å². The highest BCUT2D eigenvalue weighted by atomic mass is 32.1. The molecule has 0 spiro atoms. The molecule has 2 aromatic heterocycles. The number of nitrogens with two attached hydrogens (primary N) is 1. The van der Waals surface area contributed by atoms with Gasteiger partial charge in [0.15, 0.2) is 5.84 Å². The summed E-state index contributed by atoms with van der Waals surface area (Å²) in [7, 11) is 1.95. The molecule has 2 aromatic rings. The van der Waals surface area contributed by atoms with E-state index in [1.807, 2.05) is 37.2 Å². The lowest BCUT2D eigenvalue weighted by Crippen LogP contribution is -2.24. The molecule has 0 aromatic carbocycles. The summed E-state index contributed by atoms with van der Waals surface area (Å²) in [6, 6.07) is 1.92. The van der Waals surface area contributed by atoms with Gasteiger partial charge >= 0.3 is 0 Å². The Hall–Kier alpha value is -2.15. The lowest BCUT2D eigenvalue weighted by atomic mass is 10.1. The van der Waals surface area contributed by atoms with Gasteiger partial charge in [0.05, 0.1) is 34.7 Å². The zero-order chi connectivity index (χ0) is 14.7. The first-order chi connectivity index (χ1) is 9.52. The molecule has 20 heavy (non-hydrogen) atoms. The second kappa shape index (κ2) is 5.87. The maximum Gasteiger partial charge on any atom is 0.174 e. The van der Waals surface area contributed by atoms with Crippen LogP contribution in [0, 0.1) is 13.8 Å². The largest absolute Gasteiger partial charge is 0.409 e. The van der Waals surface area contributed by atoms with E-state index in [0.29, 0.717) is 12.1 Å². The van der Waals surface area contributed by atoms with Crippen molar-refractivity contribution in [2.45, 2.75) is 20.4 Å². The molecule has 3 N–H and O–H groups in total. The second-order valence-corrected chi connectivity index (χ2v) is 5.28. The molecular formula is C13H17N5OS. The highest BCUT2D eigenvalue weighted by Gasteiger charge is 2.16. The van der Waals surface area contributed by atoms with Gasteiger partial charge in [0.25, 0.3) is 0 Å². The number of oxime groups is 1. The predicted molar refractivity (Wildman–Crippen MR) is 80.4 cm³/mol. The number of pyridine rings is 1. The molecule has 106 valence electrons. The molecule has 0 amide bonds. The Balaban J connectivity index is 2.43. The third kappa shape index (κ3) is 2.88. The van der Waals surface area contributed by atoms with Crippen LogP contribution < -0.4 is 10.6 Å². The highest BCUT2D eigenvalue weighted by Crippen LogP contribution is 2.24. The Morgan fingerprint density at radius 1 is 1.50 bits per heavy atom. The van der Waals surface area contributed by atoms with Crippen LogP contribution in [-0.4, -0.2) is 28.1 Å². The fraction of sp³-hybridized carbons (Fsp3) is 0.308. The lowest BCUT2D eigenvalue weighted by Gasteiger charge is -2.22. The zero-order valence-corrected chi connectivity index (χ0v) is 12.5. The maximum atomic E-state index is 8.95. The summed E-state index contributed by atoms with van der Waals surface area (Å²) in [6.07, 6.45) is 0. The number of rotatable bonds is 4. The minimum Gasteiger partial charge on any atom is -0.409 e. The van der Waals surface area contributed by atoms with Crippen LogP contribution in [0.25, 0.3) is 0 Å². The summed E-state index contributed by atoms with van der Waals surface area (Å²) in [6.45, 7) is 4.42. The smallest absolute Gasteiger partial charge is 0.174 e. The Morgan fingerprint density at radius 3 is 2.85 bits per heavy atom. The first-order valence-corrected chi connectivity index (χ1v) is 7.01. The normalized spacial score (nSPS) is 11.7. The number of hydrogen-bond donors (Lipinski definition) is 2. The van der Waals surface area contributed by atoms with Crippen LogP contribution in [0.15, 0.2) is 22.1 Å². The summed E-state index contributed by atoms with van der Waals surface area (Å²) in [5.41, 5.74) is 11.7. The topological polar surface area (TPSA) is 87.6 Å². The molecule has 0 saturated carbocycles. The Morgan fingerprint density at radius 2 is 2.25 bits per heavy atom. The van der Waals surface area contributed by atoms with Gasteiger partial charge in [0.1, 0.15) is 0 Å². The van der Waals surface area contributed by atoms with Gasteiger partial charge in [-0.2, -0.15) is 0 Å². The Kier molecular flexibility index (Phi) is 4.19. The zero-order valence-electron chi connectivity index (χ0n) is 11.7. The van der Waals surface area contributed by atoms with E-state index < -0.39 is 0 Å². The molecule has 7 heteroatoms. The summed E-state index contributed by atoms with van der Waals surface area (Å²) in [5, 5.41) is 14.1. The van der Waals surface area contributed by atoms with E-state index in [1.54, 1.807) is 16.8 Å². The summed E-state index contributed by atoms with van der Waals surface area (Å²) in [5.74, 6) is 0.0649. The molecule has 2 rings (SSSR count). The van der Waals surface area contributed by atoms with Crippen molar-refractivity contribution >= 4 is 22.9 Å². The predicted octanol–water partition coefficient (Wildman–Crippen LogP) is 1.89. The molecule has 0 aliphatic carbocycles. The van der Waals surface area contributed by atoms with E-state index >= 15 is 0 Å². The first-order valence-electron chi connectivity index (χ1n) is 6.07. The molecule has 2 heterocycles. The van der Waals surface area contributed by atoms with Crippen molar-refractivity contribution in [1.29, 1.82) is 0 Å². The monoisotopic (exact) mass is 291 g/mol. The second-order valence-electron chi connectivity index (χ2n) is 4.56. The van der Waals surface area contributed by atoms with Crippen LogP contribution >= 0.6 is 11.3 Å². The van der Waals surface area contributed by atoms with Crippen molar-refractivity contribution in [3.05, 3.63) is 39.6 Å². The first kappa shape index (κ1) is 14.3. The van der Waals surface area contributed by atoms with Crippen molar-refractivity contribution in [3.8, 4) is 0 Å². The summed E-state index contributed by atoms with van der Waals surface area (Å²) < 4.78 is 0. The van der Waals surface area contributed by atoms with Gasteiger partial charge in [0, 0.05) is 18.1 Å². The van der Waals surface area contributed by atoms with Gasteiger partial charge in [-0.1, -0.05) is 5.16 Å². The molecule has 0 aliphatic rings. The average molecular weight is 291 g/mol. The standard InChI is InChI=1S/C13H17N5OS/c1-8-4-11(12(9(2)16-8)13(14)17-19)18(3)5-10-6-20-7-15-10/h4,6-7,19H,5H2,1-3H3,(H2,14,17). The third-order valence-corrected chi connectivity index (χ3v) is 3.60. The van der Waals surface area contributed by atoms with E-state index in [9.17, 15) is 0 Å². The Bertz CT molecular complexity index is 624. The van der Waals surface area contributed by atoms with Crippen molar-refractivity contribution in [2.24, 2.45) is 10.9 Å². The average Bonchev–Trinajstić information content (AvgIpc) is 2.89. The van der Waals surface area contributed by atoms with Gasteiger partial charge in [-0.15, -0.1) is 11.3 Å². The number of nitrogens with zero attached hydrogens (tertiary/aromatic N) is 4. The van der Waals surface area contributed by atoms with Crippen molar-refractivity contribution in [2.75, 3.05) is 11.9 Å².